The predicted octanol–water partition coefficient (Wildman–Crippen LogP) is 2.18. The van der Waals surface area contributed by atoms with Gasteiger partial charge in [-0.25, -0.2) is 0 Å². The summed E-state index contributed by atoms with van der Waals surface area (Å²) in [5.41, 5.74) is 0.559. The van der Waals surface area contributed by atoms with Crippen LogP contribution in [-0.4, -0.2) is 35.9 Å². The molecule has 0 aliphatic rings. The molecule has 2 rings (SSSR count). The van der Waals surface area contributed by atoms with Crippen LogP contribution in [0.3, 0.4) is 0 Å². The third kappa shape index (κ3) is 5.03. The number of benzene rings is 1. The first-order valence-corrected chi connectivity index (χ1v) is 6.85. The largest absolute Gasteiger partial charge is 0.494 e. The van der Waals surface area contributed by atoms with E-state index in [1.54, 1.807) is 24.3 Å². The standard InChI is InChI=1S/C15H16N2O6/c1-21-13-9-12(23-17-13)15(20)16-10-4-6-11(7-5-10)22-8-2-3-14(18)19/h4-7,9H,2-3,8H2,1H3,(H,16,20)(H,18,19). The number of ether oxygens (including phenoxy) is 2. The van der Waals surface area contributed by atoms with Crippen molar-refractivity contribution in [1.82, 2.24) is 5.16 Å². The number of carbonyl (C=O) groups excluding carboxylic acids is 1. The Hall–Kier alpha value is -3.03. The zero-order valence-corrected chi connectivity index (χ0v) is 12.4. The molecule has 8 nitrogen and oxygen atoms in total. The van der Waals surface area contributed by atoms with Crippen molar-refractivity contribution in [3.05, 3.63) is 36.1 Å². The van der Waals surface area contributed by atoms with Crippen LogP contribution in [0.4, 0.5) is 5.69 Å². The minimum absolute atomic E-state index is 0.0378. The van der Waals surface area contributed by atoms with Crippen molar-refractivity contribution in [3.8, 4) is 11.6 Å². The van der Waals surface area contributed by atoms with Gasteiger partial charge in [0.25, 0.3) is 11.8 Å². The molecule has 0 spiro atoms. The number of rotatable bonds is 8. The van der Waals surface area contributed by atoms with Gasteiger partial charge in [0, 0.05) is 12.1 Å². The molecule has 0 atom stereocenters. The summed E-state index contributed by atoms with van der Waals surface area (Å²) in [5, 5.41) is 14.7. The minimum Gasteiger partial charge on any atom is -0.494 e. The van der Waals surface area contributed by atoms with Crippen molar-refractivity contribution in [2.45, 2.75) is 12.8 Å². The molecule has 1 heterocycles. The fourth-order valence-corrected chi connectivity index (χ4v) is 1.70. The van der Waals surface area contributed by atoms with E-state index < -0.39 is 11.9 Å². The van der Waals surface area contributed by atoms with Crippen LogP contribution in [0, 0.1) is 0 Å². The van der Waals surface area contributed by atoms with Gasteiger partial charge in [0.15, 0.2) is 0 Å². The van der Waals surface area contributed by atoms with Crippen molar-refractivity contribution < 1.29 is 28.7 Å². The van der Waals surface area contributed by atoms with Crippen LogP contribution in [-0.2, 0) is 4.79 Å². The zero-order chi connectivity index (χ0) is 16.7. The van der Waals surface area contributed by atoms with Gasteiger partial charge in [0.2, 0.25) is 5.76 Å². The Morgan fingerprint density at radius 1 is 1.30 bits per heavy atom. The molecule has 0 aliphatic carbocycles. The Morgan fingerprint density at radius 2 is 2.04 bits per heavy atom. The fraction of sp³-hybridized carbons (Fsp3) is 0.267. The van der Waals surface area contributed by atoms with E-state index in [0.29, 0.717) is 24.5 Å². The van der Waals surface area contributed by atoms with Crippen molar-refractivity contribution in [1.29, 1.82) is 0 Å². The monoisotopic (exact) mass is 320 g/mol. The maximum absolute atomic E-state index is 11.9. The molecule has 0 saturated heterocycles. The second-order valence-electron chi connectivity index (χ2n) is 4.56. The molecule has 0 unspecified atom stereocenters. The van der Waals surface area contributed by atoms with Crippen LogP contribution in [0.5, 0.6) is 11.6 Å². The van der Waals surface area contributed by atoms with E-state index in [-0.39, 0.29) is 18.1 Å². The number of nitrogens with zero attached hydrogens (tertiary/aromatic N) is 1. The van der Waals surface area contributed by atoms with E-state index in [4.69, 9.17) is 19.1 Å². The number of carboxylic acids is 1. The van der Waals surface area contributed by atoms with Gasteiger partial charge < -0.3 is 24.4 Å². The molecule has 23 heavy (non-hydrogen) atoms. The molecule has 2 aromatic rings. The summed E-state index contributed by atoms with van der Waals surface area (Å²) in [6.07, 6.45) is 0.496. The van der Waals surface area contributed by atoms with Gasteiger partial charge in [-0.3, -0.25) is 9.59 Å². The third-order valence-electron chi connectivity index (χ3n) is 2.84. The molecule has 2 N–H and O–H groups in total. The Bertz CT molecular complexity index is 665. The molecule has 8 heteroatoms. The molecule has 0 radical (unpaired) electrons. The highest BCUT2D eigenvalue weighted by atomic mass is 16.5. The van der Waals surface area contributed by atoms with Gasteiger partial charge in [-0.2, -0.15) is 0 Å². The van der Waals surface area contributed by atoms with Gasteiger partial charge in [-0.1, -0.05) is 0 Å². The SMILES string of the molecule is COc1cc(C(=O)Nc2ccc(OCCCC(=O)O)cc2)on1. The molecule has 0 fully saturated rings. The highest BCUT2D eigenvalue weighted by Crippen LogP contribution is 2.18. The van der Waals surface area contributed by atoms with E-state index in [0.717, 1.165) is 0 Å². The first-order chi connectivity index (χ1) is 11.1. The quantitative estimate of drug-likeness (QED) is 0.717. The normalized spacial score (nSPS) is 10.1. The molecule has 1 aromatic carbocycles. The second kappa shape index (κ2) is 7.83. The van der Waals surface area contributed by atoms with Gasteiger partial charge in [0.05, 0.1) is 19.8 Å². The summed E-state index contributed by atoms with van der Waals surface area (Å²) in [4.78, 5) is 22.3. The number of hydrogen-bond donors (Lipinski definition) is 2. The topological polar surface area (TPSA) is 111 Å². The van der Waals surface area contributed by atoms with Crippen LogP contribution in [0.2, 0.25) is 0 Å². The van der Waals surface area contributed by atoms with Gasteiger partial charge >= 0.3 is 5.97 Å². The Balaban J connectivity index is 1.84. The number of carboxylic acid groups (broad SMARTS) is 1. The number of nitrogens with one attached hydrogen (secondary N) is 1. The highest BCUT2D eigenvalue weighted by Gasteiger charge is 2.13. The molecule has 1 amide bonds. The van der Waals surface area contributed by atoms with E-state index in [9.17, 15) is 9.59 Å². The van der Waals surface area contributed by atoms with Crippen molar-refractivity contribution >= 4 is 17.6 Å². The lowest BCUT2D eigenvalue weighted by Crippen LogP contribution is -2.10. The fourth-order valence-electron chi connectivity index (χ4n) is 1.70. The number of methoxy groups -OCH3 is 1. The lowest BCUT2D eigenvalue weighted by molar-refractivity contribution is -0.137. The number of carbonyl (C=O) groups is 2. The molecule has 122 valence electrons. The predicted molar refractivity (Wildman–Crippen MR) is 79.8 cm³/mol. The minimum atomic E-state index is -0.851. The smallest absolute Gasteiger partial charge is 0.303 e. The number of amides is 1. The molecule has 1 aromatic heterocycles. The third-order valence-corrected chi connectivity index (χ3v) is 2.84. The Morgan fingerprint density at radius 3 is 2.65 bits per heavy atom. The second-order valence-corrected chi connectivity index (χ2v) is 4.56. The van der Waals surface area contributed by atoms with Gasteiger partial charge in [-0.15, -0.1) is 0 Å². The first-order valence-electron chi connectivity index (χ1n) is 6.85. The van der Waals surface area contributed by atoms with Crippen molar-refractivity contribution in [2.75, 3.05) is 19.0 Å². The maximum atomic E-state index is 11.9. The maximum Gasteiger partial charge on any atom is 0.303 e. The number of aromatic nitrogens is 1. The zero-order valence-electron chi connectivity index (χ0n) is 12.4. The summed E-state index contributed by atoms with van der Waals surface area (Å²) >= 11 is 0. The molecule has 0 bridgehead atoms. The van der Waals surface area contributed by atoms with E-state index in [1.165, 1.54) is 13.2 Å². The van der Waals surface area contributed by atoms with E-state index in [2.05, 4.69) is 10.5 Å². The molecule has 0 aliphatic heterocycles. The van der Waals surface area contributed by atoms with E-state index >= 15 is 0 Å². The van der Waals surface area contributed by atoms with Crippen LogP contribution in [0.15, 0.2) is 34.9 Å². The highest BCUT2D eigenvalue weighted by molar-refractivity contribution is 6.02. The van der Waals surface area contributed by atoms with Crippen LogP contribution < -0.4 is 14.8 Å². The lowest BCUT2D eigenvalue weighted by Gasteiger charge is -2.07. The average Bonchev–Trinajstić information content (AvgIpc) is 3.02. The lowest BCUT2D eigenvalue weighted by atomic mass is 10.3. The Labute approximate surface area is 132 Å². The summed E-state index contributed by atoms with van der Waals surface area (Å²) < 4.78 is 15.1. The molecular formula is C15H16N2O6. The van der Waals surface area contributed by atoms with Gasteiger partial charge in [-0.05, 0) is 35.8 Å². The number of anilines is 1. The van der Waals surface area contributed by atoms with Crippen LogP contribution in [0.25, 0.3) is 0 Å². The Kier molecular flexibility index (Phi) is 5.56. The number of hydrogen-bond acceptors (Lipinski definition) is 6. The van der Waals surface area contributed by atoms with Crippen molar-refractivity contribution in [3.63, 3.8) is 0 Å². The first kappa shape index (κ1) is 16.3. The summed E-state index contributed by atoms with van der Waals surface area (Å²) in [6.45, 7) is 0.315. The molecule has 0 saturated carbocycles. The van der Waals surface area contributed by atoms with Crippen LogP contribution >= 0.6 is 0 Å². The number of aliphatic carboxylic acids is 1. The van der Waals surface area contributed by atoms with Crippen molar-refractivity contribution in [2.24, 2.45) is 0 Å². The van der Waals surface area contributed by atoms with Crippen LogP contribution in [0.1, 0.15) is 23.4 Å². The summed E-state index contributed by atoms with van der Waals surface area (Å²) in [5.74, 6) is -0.447. The summed E-state index contributed by atoms with van der Waals surface area (Å²) in [7, 11) is 1.43. The molecular weight excluding hydrogens is 304 g/mol. The van der Waals surface area contributed by atoms with Gasteiger partial charge in [0.1, 0.15) is 5.75 Å². The van der Waals surface area contributed by atoms with E-state index in [1.807, 2.05) is 0 Å². The summed E-state index contributed by atoms with van der Waals surface area (Å²) in [6, 6.07) is 8.07. The average molecular weight is 320 g/mol.